The lowest BCUT2D eigenvalue weighted by molar-refractivity contribution is -0.127. The zero-order valence-electron chi connectivity index (χ0n) is 35.9. The molecule has 1 aliphatic carbocycles. The number of benzene rings is 3. The van der Waals surface area contributed by atoms with E-state index in [2.05, 4.69) is 41.9 Å². The number of nitrogens with zero attached hydrogens (tertiary/aromatic N) is 3. The van der Waals surface area contributed by atoms with E-state index in [0.717, 1.165) is 53.5 Å². The van der Waals surface area contributed by atoms with Gasteiger partial charge in [-0.1, -0.05) is 30.3 Å². The van der Waals surface area contributed by atoms with Crippen molar-refractivity contribution < 1.29 is 38.1 Å². The Hall–Kier alpha value is -5.71. The van der Waals surface area contributed by atoms with Crippen LogP contribution in [0.3, 0.4) is 0 Å². The molecule has 0 saturated heterocycles. The molecule has 1 atom stereocenters. The largest absolute Gasteiger partial charge is 0.444 e. The minimum Gasteiger partial charge on any atom is -0.444 e. The van der Waals surface area contributed by atoms with Gasteiger partial charge in [0.2, 0.25) is 17.6 Å². The average molecular weight is 841 g/mol. The first kappa shape index (κ1) is 46.4. The van der Waals surface area contributed by atoms with Gasteiger partial charge in [-0.15, -0.1) is 10.2 Å². The molecule has 16 nitrogen and oxygen atoms in total. The molecule has 5 rings (SSSR count). The van der Waals surface area contributed by atoms with Crippen molar-refractivity contribution in [3.63, 3.8) is 0 Å². The van der Waals surface area contributed by atoms with E-state index in [1.807, 2.05) is 64.1 Å². The number of methoxy groups -OCH3 is 1. The number of anilines is 1. The number of H-pyrrole nitrogens is 1. The number of alkyl carbamates (subject to hydrolysis) is 1. The molecule has 16 heteroatoms. The van der Waals surface area contributed by atoms with E-state index in [4.69, 9.17) is 18.9 Å². The number of amides is 4. The Morgan fingerprint density at radius 1 is 0.836 bits per heavy atom. The van der Waals surface area contributed by atoms with E-state index in [1.54, 1.807) is 37.4 Å². The summed E-state index contributed by atoms with van der Waals surface area (Å²) in [5.41, 5.74) is 4.81. The van der Waals surface area contributed by atoms with E-state index in [1.165, 1.54) is 0 Å². The molecule has 0 aliphatic heterocycles. The summed E-state index contributed by atoms with van der Waals surface area (Å²) in [6.07, 6.45) is 3.54. The minimum atomic E-state index is -0.884. The lowest BCUT2D eigenvalue weighted by Gasteiger charge is -2.29. The van der Waals surface area contributed by atoms with Gasteiger partial charge in [0.05, 0.1) is 33.0 Å². The number of ether oxygens (including phenoxy) is 4. The second-order valence-electron chi connectivity index (χ2n) is 16.3. The Morgan fingerprint density at radius 3 is 2.26 bits per heavy atom. The van der Waals surface area contributed by atoms with Gasteiger partial charge in [0, 0.05) is 49.9 Å². The summed E-state index contributed by atoms with van der Waals surface area (Å²) in [7, 11) is 1.62. The van der Waals surface area contributed by atoms with E-state index in [-0.39, 0.29) is 30.1 Å². The molecule has 4 aromatic rings. The number of rotatable bonds is 21. The average Bonchev–Trinajstić information content (AvgIpc) is 3.78. The SMILES string of the molecule is COCCOCCOCCNC(=O)c1cccc(-c2cc(CC(NC(=O)CC3CCC(CNC(=O)OC(C)(C)C)CC3)C(=O)Nc3ccc(-c4nn[nH]n4)cc3)ccc2C)c1. The van der Waals surface area contributed by atoms with Crippen LogP contribution in [0.4, 0.5) is 10.5 Å². The number of carbonyl (C=O) groups is 4. The van der Waals surface area contributed by atoms with Crippen molar-refractivity contribution in [1.29, 1.82) is 0 Å². The molecule has 0 bridgehead atoms. The van der Waals surface area contributed by atoms with Crippen molar-refractivity contribution in [3.05, 3.63) is 83.4 Å². The van der Waals surface area contributed by atoms with Crippen LogP contribution in [0.5, 0.6) is 0 Å². The maximum atomic E-state index is 14.0. The quantitative estimate of drug-likeness (QED) is 0.0649. The highest BCUT2D eigenvalue weighted by molar-refractivity contribution is 5.98. The minimum absolute atomic E-state index is 0.160. The molecule has 1 unspecified atom stereocenters. The van der Waals surface area contributed by atoms with Gasteiger partial charge in [-0.3, -0.25) is 14.4 Å². The van der Waals surface area contributed by atoms with Crippen LogP contribution in [0.15, 0.2) is 66.7 Å². The Kier molecular flexibility index (Phi) is 17.7. The van der Waals surface area contributed by atoms with Gasteiger partial charge >= 0.3 is 6.09 Å². The topological polar surface area (TPSA) is 208 Å². The van der Waals surface area contributed by atoms with E-state index in [0.29, 0.717) is 75.5 Å². The lowest BCUT2D eigenvalue weighted by atomic mass is 9.80. The Bertz CT molecular complexity index is 2010. The highest BCUT2D eigenvalue weighted by Crippen LogP contribution is 2.31. The molecular weight excluding hydrogens is 781 g/mol. The fourth-order valence-corrected chi connectivity index (χ4v) is 7.10. The lowest BCUT2D eigenvalue weighted by Crippen LogP contribution is -2.45. The molecule has 3 aromatic carbocycles. The standard InChI is InChI=1S/C45H60N8O8/c1-30-9-10-33(25-38(30)35-7-6-8-36(28-35)42(55)46-19-20-59-23-24-60-22-21-58-5)26-39(43(56)48-37-17-15-34(16-18-37)41-50-52-53-51-41)49-40(54)27-31-11-13-32(14-12-31)29-47-44(57)61-45(2,3)4/h6-10,15-18,25,28,31-32,39H,11-14,19-24,26-27,29H2,1-5H3,(H,46,55)(H,47,57)(H,48,56)(H,49,54)(H,50,51,52,53). The molecule has 1 aliphatic rings. The Labute approximate surface area is 357 Å². The monoisotopic (exact) mass is 840 g/mol. The van der Waals surface area contributed by atoms with Gasteiger partial charge in [0.25, 0.3) is 5.91 Å². The molecule has 61 heavy (non-hydrogen) atoms. The van der Waals surface area contributed by atoms with Gasteiger partial charge < -0.3 is 40.2 Å². The summed E-state index contributed by atoms with van der Waals surface area (Å²) in [4.78, 5) is 52.9. The van der Waals surface area contributed by atoms with Gasteiger partial charge in [-0.2, -0.15) is 5.21 Å². The first-order valence-electron chi connectivity index (χ1n) is 20.9. The number of aromatic amines is 1. The Morgan fingerprint density at radius 2 is 1.56 bits per heavy atom. The number of hydrogen-bond acceptors (Lipinski definition) is 11. The molecule has 1 aromatic heterocycles. The summed E-state index contributed by atoms with van der Waals surface area (Å²) in [6.45, 7) is 10.6. The third-order valence-corrected chi connectivity index (χ3v) is 10.3. The number of nitrogens with one attached hydrogen (secondary N) is 5. The maximum Gasteiger partial charge on any atom is 0.407 e. The third kappa shape index (κ3) is 15.7. The summed E-state index contributed by atoms with van der Waals surface area (Å²) in [5, 5.41) is 25.9. The molecule has 0 radical (unpaired) electrons. The number of aromatic nitrogens is 4. The van der Waals surface area contributed by atoms with E-state index < -0.39 is 17.7 Å². The van der Waals surface area contributed by atoms with Gasteiger partial charge in [0.15, 0.2) is 0 Å². The summed E-state index contributed by atoms with van der Waals surface area (Å²) in [6, 6.07) is 19.5. The number of carbonyl (C=O) groups excluding carboxylic acids is 4. The fraction of sp³-hybridized carbons (Fsp3) is 0.489. The summed E-state index contributed by atoms with van der Waals surface area (Å²) < 4.78 is 21.3. The third-order valence-electron chi connectivity index (χ3n) is 10.3. The van der Waals surface area contributed by atoms with E-state index >= 15 is 0 Å². The van der Waals surface area contributed by atoms with Gasteiger partial charge in [-0.05, 0) is 129 Å². The first-order chi connectivity index (χ1) is 29.4. The van der Waals surface area contributed by atoms with Crippen molar-refractivity contribution in [2.75, 3.05) is 58.6 Å². The predicted octanol–water partition coefficient (Wildman–Crippen LogP) is 5.64. The Balaban J connectivity index is 1.22. The maximum absolute atomic E-state index is 14.0. The molecule has 4 amide bonds. The van der Waals surface area contributed by atoms with Crippen LogP contribution in [0, 0.1) is 18.8 Å². The van der Waals surface area contributed by atoms with Crippen molar-refractivity contribution in [3.8, 4) is 22.5 Å². The molecular formula is C45H60N8O8. The first-order valence-corrected chi connectivity index (χ1v) is 20.9. The second kappa shape index (κ2) is 23.3. The van der Waals surface area contributed by atoms with Crippen LogP contribution in [0.25, 0.3) is 22.5 Å². The van der Waals surface area contributed by atoms with Crippen LogP contribution in [0.1, 0.15) is 74.4 Å². The summed E-state index contributed by atoms with van der Waals surface area (Å²) >= 11 is 0. The van der Waals surface area contributed by atoms with Crippen molar-refractivity contribution in [2.24, 2.45) is 11.8 Å². The zero-order chi connectivity index (χ0) is 43.6. The van der Waals surface area contributed by atoms with Crippen LogP contribution >= 0.6 is 0 Å². The van der Waals surface area contributed by atoms with Gasteiger partial charge in [0.1, 0.15) is 11.6 Å². The van der Waals surface area contributed by atoms with Crippen LogP contribution < -0.4 is 21.3 Å². The van der Waals surface area contributed by atoms with Crippen LogP contribution in [-0.2, 0) is 35.0 Å². The summed E-state index contributed by atoms with van der Waals surface area (Å²) in [5.74, 6) is 0.124. The number of aryl methyl sites for hydroxylation is 1. The molecule has 0 spiro atoms. The number of tetrazole rings is 1. The highest BCUT2D eigenvalue weighted by atomic mass is 16.6. The smallest absolute Gasteiger partial charge is 0.407 e. The molecule has 1 saturated carbocycles. The highest BCUT2D eigenvalue weighted by Gasteiger charge is 2.27. The fourth-order valence-electron chi connectivity index (χ4n) is 7.10. The van der Waals surface area contributed by atoms with Crippen molar-refractivity contribution in [2.45, 2.75) is 77.9 Å². The molecule has 1 fully saturated rings. The molecule has 5 N–H and O–H groups in total. The normalized spacial score (nSPS) is 15.7. The van der Waals surface area contributed by atoms with Gasteiger partial charge in [-0.25, -0.2) is 4.79 Å². The second-order valence-corrected chi connectivity index (χ2v) is 16.3. The molecule has 1 heterocycles. The number of hydrogen-bond donors (Lipinski definition) is 5. The van der Waals surface area contributed by atoms with Crippen molar-refractivity contribution in [1.82, 2.24) is 36.6 Å². The van der Waals surface area contributed by atoms with Crippen LogP contribution in [0.2, 0.25) is 0 Å². The molecule has 328 valence electrons. The van der Waals surface area contributed by atoms with Crippen LogP contribution in [-0.4, -0.2) is 109 Å². The van der Waals surface area contributed by atoms with E-state index in [9.17, 15) is 19.2 Å². The van der Waals surface area contributed by atoms with Crippen molar-refractivity contribution >= 4 is 29.5 Å². The zero-order valence-corrected chi connectivity index (χ0v) is 35.9. The predicted molar refractivity (Wildman–Crippen MR) is 231 cm³/mol.